The molecule has 0 bridgehead atoms. The third-order valence-electron chi connectivity index (χ3n) is 3.96. The van der Waals surface area contributed by atoms with Crippen LogP contribution in [0.3, 0.4) is 0 Å². The van der Waals surface area contributed by atoms with Crippen LogP contribution in [-0.4, -0.2) is 23.0 Å². The van der Waals surface area contributed by atoms with Gasteiger partial charge in [-0.2, -0.15) is 0 Å². The van der Waals surface area contributed by atoms with Crippen LogP contribution in [-0.2, 0) is 4.79 Å². The molecule has 0 radical (unpaired) electrons. The van der Waals surface area contributed by atoms with Crippen molar-refractivity contribution in [3.63, 3.8) is 0 Å². The highest BCUT2D eigenvalue weighted by Gasteiger charge is 2.45. The van der Waals surface area contributed by atoms with Crippen molar-refractivity contribution in [2.75, 3.05) is 11.9 Å². The number of hydrogen-bond donors (Lipinski definition) is 2. The normalized spacial score (nSPS) is 23.7. The largest absolute Gasteiger partial charge is 0.394 e. The van der Waals surface area contributed by atoms with E-state index in [4.69, 9.17) is 0 Å². The molecule has 2 atom stereocenters. The summed E-state index contributed by atoms with van der Waals surface area (Å²) in [7, 11) is 0. The van der Waals surface area contributed by atoms with Crippen molar-refractivity contribution < 1.29 is 9.90 Å². The lowest BCUT2D eigenvalue weighted by Crippen LogP contribution is -2.45. The van der Waals surface area contributed by atoms with E-state index in [0.29, 0.717) is 0 Å². The van der Waals surface area contributed by atoms with Gasteiger partial charge in [0.15, 0.2) is 5.78 Å². The molecule has 0 heterocycles. The predicted octanol–water partition coefficient (Wildman–Crippen LogP) is 3.36. The van der Waals surface area contributed by atoms with E-state index >= 15 is 0 Å². The van der Waals surface area contributed by atoms with Gasteiger partial charge in [-0.05, 0) is 58.5 Å². The molecule has 2 aromatic rings. The van der Waals surface area contributed by atoms with Crippen molar-refractivity contribution in [3.05, 3.63) is 75.9 Å². The van der Waals surface area contributed by atoms with Gasteiger partial charge >= 0.3 is 0 Å². The van der Waals surface area contributed by atoms with Crippen molar-refractivity contribution in [3.8, 4) is 0 Å². The van der Waals surface area contributed by atoms with Crippen LogP contribution >= 0.6 is 22.6 Å². The van der Waals surface area contributed by atoms with Gasteiger partial charge in [0, 0.05) is 9.26 Å². The first-order valence-electron chi connectivity index (χ1n) is 7.07. The topological polar surface area (TPSA) is 49.3 Å². The number of allylic oxidation sites excluding steroid dienone is 1. The molecular formula is C18H16INO2. The lowest BCUT2D eigenvalue weighted by molar-refractivity contribution is -0.116. The van der Waals surface area contributed by atoms with Crippen molar-refractivity contribution in [2.24, 2.45) is 0 Å². The molecule has 0 spiro atoms. The van der Waals surface area contributed by atoms with Crippen LogP contribution in [0.25, 0.3) is 0 Å². The number of benzene rings is 2. The van der Waals surface area contributed by atoms with E-state index in [0.717, 1.165) is 14.8 Å². The van der Waals surface area contributed by atoms with E-state index in [-0.39, 0.29) is 12.4 Å². The maximum atomic E-state index is 12.4. The first-order chi connectivity index (χ1) is 10.6. The quantitative estimate of drug-likeness (QED) is 0.768. The smallest absolute Gasteiger partial charge is 0.165 e. The van der Waals surface area contributed by atoms with Gasteiger partial charge in [-0.15, -0.1) is 0 Å². The minimum atomic E-state index is -0.800. The van der Waals surface area contributed by atoms with Crippen LogP contribution in [0.2, 0.25) is 0 Å². The highest BCUT2D eigenvalue weighted by atomic mass is 127. The Labute approximate surface area is 143 Å². The maximum Gasteiger partial charge on any atom is 0.165 e. The predicted molar refractivity (Wildman–Crippen MR) is 95.9 cm³/mol. The summed E-state index contributed by atoms with van der Waals surface area (Å²) < 4.78 is 1.14. The fourth-order valence-corrected chi connectivity index (χ4v) is 3.24. The molecule has 4 heteroatoms. The number of ketones is 1. The molecule has 0 saturated carbocycles. The summed E-state index contributed by atoms with van der Waals surface area (Å²) in [5, 5.41) is 13.4. The number of nitrogens with one attached hydrogen (secondary N) is 1. The lowest BCUT2D eigenvalue weighted by Gasteiger charge is -2.34. The molecule has 1 aliphatic carbocycles. The molecular weight excluding hydrogens is 389 g/mol. The van der Waals surface area contributed by atoms with Crippen LogP contribution < -0.4 is 5.32 Å². The Balaban J connectivity index is 1.97. The molecule has 0 amide bonds. The van der Waals surface area contributed by atoms with Gasteiger partial charge in [0.2, 0.25) is 0 Å². The summed E-state index contributed by atoms with van der Waals surface area (Å²) in [6.07, 6.45) is 3.35. The Hall–Kier alpha value is -1.66. The molecule has 1 aliphatic rings. The molecule has 0 fully saturated rings. The van der Waals surface area contributed by atoms with Gasteiger partial charge in [-0.1, -0.05) is 36.4 Å². The highest BCUT2D eigenvalue weighted by Crippen LogP contribution is 2.38. The second-order valence-corrected chi connectivity index (χ2v) is 6.66. The molecule has 2 aromatic carbocycles. The van der Waals surface area contributed by atoms with Crippen LogP contribution in [0.1, 0.15) is 11.5 Å². The average Bonchev–Trinajstić information content (AvgIpc) is 2.87. The zero-order valence-electron chi connectivity index (χ0n) is 11.9. The standard InChI is InChI=1S/C18H16INO2/c19-14-6-8-15(9-7-14)20-18(12-21)11-10-16(22)17(18)13-4-2-1-3-5-13/h1-11,17,20-21H,12H2/t17-,18+/m0/s1. The second-order valence-electron chi connectivity index (χ2n) is 5.41. The first kappa shape index (κ1) is 15.2. The van der Waals surface area contributed by atoms with Gasteiger partial charge in [0.25, 0.3) is 0 Å². The number of aliphatic hydroxyl groups excluding tert-OH is 1. The number of aliphatic hydroxyl groups is 1. The summed E-state index contributed by atoms with van der Waals surface area (Å²) >= 11 is 2.25. The Morgan fingerprint density at radius 3 is 2.41 bits per heavy atom. The van der Waals surface area contributed by atoms with E-state index < -0.39 is 11.5 Å². The van der Waals surface area contributed by atoms with E-state index in [2.05, 4.69) is 27.9 Å². The molecule has 3 nitrogen and oxygen atoms in total. The third kappa shape index (κ3) is 2.80. The lowest BCUT2D eigenvalue weighted by atomic mass is 9.81. The summed E-state index contributed by atoms with van der Waals surface area (Å²) in [6.45, 7) is -0.152. The Morgan fingerprint density at radius 2 is 1.77 bits per heavy atom. The van der Waals surface area contributed by atoms with Gasteiger partial charge in [0.05, 0.1) is 18.1 Å². The summed E-state index contributed by atoms with van der Waals surface area (Å²) in [4.78, 5) is 12.4. The summed E-state index contributed by atoms with van der Waals surface area (Å²) in [5.41, 5.74) is 0.991. The zero-order valence-corrected chi connectivity index (χ0v) is 14.0. The third-order valence-corrected chi connectivity index (χ3v) is 4.68. The highest BCUT2D eigenvalue weighted by molar-refractivity contribution is 14.1. The Kier molecular flexibility index (Phi) is 4.31. The fourth-order valence-electron chi connectivity index (χ4n) is 2.88. The Bertz CT molecular complexity index is 697. The van der Waals surface area contributed by atoms with Crippen molar-refractivity contribution in [1.29, 1.82) is 0 Å². The molecule has 112 valence electrons. The second kappa shape index (κ2) is 6.22. The minimum Gasteiger partial charge on any atom is -0.394 e. The van der Waals surface area contributed by atoms with Crippen LogP contribution in [0.4, 0.5) is 5.69 Å². The van der Waals surface area contributed by atoms with Crippen molar-refractivity contribution in [2.45, 2.75) is 11.5 Å². The Morgan fingerprint density at radius 1 is 1.09 bits per heavy atom. The van der Waals surface area contributed by atoms with Crippen LogP contribution in [0.5, 0.6) is 0 Å². The van der Waals surface area contributed by atoms with Crippen LogP contribution in [0.15, 0.2) is 66.7 Å². The number of carbonyl (C=O) groups excluding carboxylic acids is 1. The van der Waals surface area contributed by atoms with Crippen molar-refractivity contribution in [1.82, 2.24) is 0 Å². The SMILES string of the molecule is O=C1C=C[C@](CO)(Nc2ccc(I)cc2)[C@H]1c1ccccc1. The number of rotatable bonds is 4. The molecule has 3 rings (SSSR count). The van der Waals surface area contributed by atoms with Gasteiger partial charge in [0.1, 0.15) is 0 Å². The maximum absolute atomic E-state index is 12.4. The minimum absolute atomic E-state index is 0.0123. The van der Waals surface area contributed by atoms with E-state index in [1.807, 2.05) is 54.6 Å². The van der Waals surface area contributed by atoms with Gasteiger partial charge < -0.3 is 10.4 Å². The molecule has 22 heavy (non-hydrogen) atoms. The number of carbonyl (C=O) groups is 1. The molecule has 0 unspecified atom stereocenters. The van der Waals surface area contributed by atoms with Crippen LogP contribution in [0, 0.1) is 3.57 Å². The first-order valence-corrected chi connectivity index (χ1v) is 8.15. The number of anilines is 1. The number of hydrogen-bond acceptors (Lipinski definition) is 3. The van der Waals surface area contributed by atoms with E-state index in [9.17, 15) is 9.90 Å². The monoisotopic (exact) mass is 405 g/mol. The fraction of sp³-hybridized carbons (Fsp3) is 0.167. The molecule has 0 aliphatic heterocycles. The summed E-state index contributed by atoms with van der Waals surface area (Å²) in [6, 6.07) is 17.5. The average molecular weight is 405 g/mol. The van der Waals surface area contributed by atoms with Gasteiger partial charge in [-0.3, -0.25) is 4.79 Å². The van der Waals surface area contributed by atoms with E-state index in [1.165, 1.54) is 0 Å². The summed E-state index contributed by atoms with van der Waals surface area (Å²) in [5.74, 6) is -0.406. The van der Waals surface area contributed by atoms with Crippen molar-refractivity contribution >= 4 is 34.1 Å². The number of halogens is 1. The molecule has 0 aromatic heterocycles. The van der Waals surface area contributed by atoms with E-state index in [1.54, 1.807) is 12.2 Å². The molecule has 2 N–H and O–H groups in total. The van der Waals surface area contributed by atoms with Gasteiger partial charge in [-0.25, -0.2) is 0 Å². The molecule has 0 saturated heterocycles. The zero-order chi connectivity index (χ0) is 15.6.